The maximum atomic E-state index is 12.2. The van der Waals surface area contributed by atoms with Crippen LogP contribution in [-0.4, -0.2) is 18.0 Å². The average Bonchev–Trinajstić information content (AvgIpc) is 2.57. The lowest BCUT2D eigenvalue weighted by molar-refractivity contribution is -0.148. The van der Waals surface area contributed by atoms with Gasteiger partial charge in [0.15, 0.2) is 6.10 Å². The highest BCUT2D eigenvalue weighted by molar-refractivity contribution is 5.97. The monoisotopic (exact) mass is 337 g/mol. The summed E-state index contributed by atoms with van der Waals surface area (Å²) in [5, 5.41) is 2.80. The topological polar surface area (TPSA) is 55.4 Å². The van der Waals surface area contributed by atoms with Crippen LogP contribution in [-0.2, 0) is 14.3 Å². The van der Waals surface area contributed by atoms with E-state index < -0.39 is 12.1 Å². The van der Waals surface area contributed by atoms with Gasteiger partial charge < -0.3 is 10.1 Å². The molecule has 0 fully saturated rings. The first-order valence-corrected chi connectivity index (χ1v) is 8.18. The lowest BCUT2D eigenvalue weighted by atomic mass is 10.1. The molecule has 0 saturated heterocycles. The molecule has 0 aromatic heterocycles. The zero-order chi connectivity index (χ0) is 18.4. The number of rotatable bonds is 5. The number of amides is 1. The Labute approximate surface area is 148 Å². The first-order chi connectivity index (χ1) is 11.8. The van der Waals surface area contributed by atoms with Crippen LogP contribution in [0.15, 0.2) is 48.5 Å². The van der Waals surface area contributed by atoms with Gasteiger partial charge in [-0.3, -0.25) is 4.79 Å². The van der Waals surface area contributed by atoms with Gasteiger partial charge in [0.1, 0.15) is 0 Å². The molecule has 0 bridgehead atoms. The summed E-state index contributed by atoms with van der Waals surface area (Å²) >= 11 is 0. The molecule has 2 rings (SSSR count). The molecule has 0 aliphatic carbocycles. The summed E-state index contributed by atoms with van der Waals surface area (Å²) in [5.41, 5.74) is 4.78. The third-order valence-corrected chi connectivity index (χ3v) is 3.80. The summed E-state index contributed by atoms with van der Waals surface area (Å²) in [6.45, 7) is 7.42. The van der Waals surface area contributed by atoms with Gasteiger partial charge >= 0.3 is 5.97 Å². The van der Waals surface area contributed by atoms with E-state index in [-0.39, 0.29) is 5.91 Å². The fourth-order valence-electron chi connectivity index (χ4n) is 2.21. The molecule has 1 N–H and O–H groups in total. The van der Waals surface area contributed by atoms with Crippen molar-refractivity contribution in [1.29, 1.82) is 0 Å². The van der Waals surface area contributed by atoms with Crippen LogP contribution in [0.3, 0.4) is 0 Å². The maximum absolute atomic E-state index is 12.2. The van der Waals surface area contributed by atoms with E-state index in [0.717, 1.165) is 27.9 Å². The zero-order valence-corrected chi connectivity index (χ0v) is 15.0. The Kier molecular flexibility index (Phi) is 6.12. The smallest absolute Gasteiger partial charge is 0.331 e. The van der Waals surface area contributed by atoms with Gasteiger partial charge in [-0.1, -0.05) is 42.0 Å². The summed E-state index contributed by atoms with van der Waals surface area (Å²) in [7, 11) is 0. The lowest BCUT2D eigenvalue weighted by Gasteiger charge is -2.14. The van der Waals surface area contributed by atoms with Gasteiger partial charge in [0.2, 0.25) is 0 Å². The molecular formula is C21H23NO3. The Balaban J connectivity index is 1.92. The molecular weight excluding hydrogens is 314 g/mol. The third-order valence-electron chi connectivity index (χ3n) is 3.80. The second-order valence-corrected chi connectivity index (χ2v) is 6.13. The number of anilines is 1. The molecule has 0 saturated carbocycles. The predicted molar refractivity (Wildman–Crippen MR) is 100 cm³/mol. The maximum Gasteiger partial charge on any atom is 0.331 e. The minimum atomic E-state index is -0.880. The number of benzene rings is 2. The fourth-order valence-corrected chi connectivity index (χ4v) is 2.21. The fraction of sp³-hybridized carbons (Fsp3) is 0.238. The normalized spacial score (nSPS) is 12.0. The van der Waals surface area contributed by atoms with Crippen molar-refractivity contribution in [2.45, 2.75) is 33.8 Å². The van der Waals surface area contributed by atoms with E-state index in [0.29, 0.717) is 0 Å². The van der Waals surface area contributed by atoms with Crippen LogP contribution in [0.4, 0.5) is 5.69 Å². The van der Waals surface area contributed by atoms with Crippen molar-refractivity contribution in [2.75, 3.05) is 5.32 Å². The number of carbonyl (C=O) groups is 2. The van der Waals surface area contributed by atoms with E-state index >= 15 is 0 Å². The molecule has 1 atom stereocenters. The highest BCUT2D eigenvalue weighted by Crippen LogP contribution is 2.17. The predicted octanol–water partition coefficient (Wildman–Crippen LogP) is 4.20. The summed E-state index contributed by atoms with van der Waals surface area (Å²) in [6, 6.07) is 13.6. The standard InChI is InChI=1S/C21H23NO3/c1-14-6-9-18(10-7-14)11-12-20(23)25-17(4)21(24)22-19-13-15(2)5-8-16(19)3/h5-13,17H,1-4H3,(H,22,24). The van der Waals surface area contributed by atoms with Gasteiger partial charge in [0, 0.05) is 11.8 Å². The van der Waals surface area contributed by atoms with Gasteiger partial charge in [-0.25, -0.2) is 4.79 Å². The van der Waals surface area contributed by atoms with E-state index in [4.69, 9.17) is 4.74 Å². The van der Waals surface area contributed by atoms with Gasteiger partial charge in [-0.15, -0.1) is 0 Å². The van der Waals surface area contributed by atoms with Crippen LogP contribution in [0, 0.1) is 20.8 Å². The van der Waals surface area contributed by atoms with Crippen molar-refractivity contribution >= 4 is 23.6 Å². The van der Waals surface area contributed by atoms with E-state index in [9.17, 15) is 9.59 Å². The second-order valence-electron chi connectivity index (χ2n) is 6.13. The van der Waals surface area contributed by atoms with Crippen LogP contribution >= 0.6 is 0 Å². The molecule has 0 heterocycles. The molecule has 25 heavy (non-hydrogen) atoms. The molecule has 4 nitrogen and oxygen atoms in total. The number of hydrogen-bond donors (Lipinski definition) is 1. The van der Waals surface area contributed by atoms with Gasteiger partial charge in [0.05, 0.1) is 0 Å². The third kappa shape index (κ3) is 5.60. The van der Waals surface area contributed by atoms with Gasteiger partial charge in [0.25, 0.3) is 5.91 Å². The Morgan fingerprint density at radius 1 is 1.00 bits per heavy atom. The SMILES string of the molecule is Cc1ccc(C=CC(=O)OC(C)C(=O)Nc2cc(C)ccc2C)cc1. The lowest BCUT2D eigenvalue weighted by Crippen LogP contribution is -2.29. The van der Waals surface area contributed by atoms with E-state index in [1.165, 1.54) is 6.08 Å². The number of carbonyl (C=O) groups excluding carboxylic acids is 2. The van der Waals surface area contributed by atoms with Gasteiger partial charge in [-0.05, 0) is 56.5 Å². The Hall–Kier alpha value is -2.88. The van der Waals surface area contributed by atoms with Crippen LogP contribution in [0.5, 0.6) is 0 Å². The molecule has 1 unspecified atom stereocenters. The first-order valence-electron chi connectivity index (χ1n) is 8.18. The summed E-state index contributed by atoms with van der Waals surface area (Å²) in [4.78, 5) is 24.1. The largest absolute Gasteiger partial charge is 0.449 e. The van der Waals surface area contributed by atoms with Crippen molar-refractivity contribution < 1.29 is 14.3 Å². The molecule has 0 radical (unpaired) electrons. The minimum absolute atomic E-state index is 0.356. The molecule has 2 aromatic carbocycles. The van der Waals surface area contributed by atoms with E-state index in [2.05, 4.69) is 5.32 Å². The van der Waals surface area contributed by atoms with Crippen molar-refractivity contribution in [3.8, 4) is 0 Å². The number of esters is 1. The molecule has 0 spiro atoms. The number of aryl methyl sites for hydroxylation is 3. The zero-order valence-electron chi connectivity index (χ0n) is 15.0. The van der Waals surface area contributed by atoms with Crippen LogP contribution < -0.4 is 5.32 Å². The van der Waals surface area contributed by atoms with E-state index in [1.54, 1.807) is 13.0 Å². The van der Waals surface area contributed by atoms with Crippen molar-refractivity contribution in [2.24, 2.45) is 0 Å². The molecule has 130 valence electrons. The number of hydrogen-bond acceptors (Lipinski definition) is 3. The number of nitrogens with one attached hydrogen (secondary N) is 1. The molecule has 1 amide bonds. The molecule has 0 aliphatic rings. The van der Waals surface area contributed by atoms with Crippen LogP contribution in [0.2, 0.25) is 0 Å². The Morgan fingerprint density at radius 2 is 1.64 bits per heavy atom. The van der Waals surface area contributed by atoms with E-state index in [1.807, 2.05) is 63.2 Å². The van der Waals surface area contributed by atoms with Gasteiger partial charge in [-0.2, -0.15) is 0 Å². The quantitative estimate of drug-likeness (QED) is 0.657. The summed E-state index contributed by atoms with van der Waals surface area (Å²) < 4.78 is 5.16. The van der Waals surface area contributed by atoms with Crippen molar-refractivity contribution in [3.63, 3.8) is 0 Å². The minimum Gasteiger partial charge on any atom is -0.449 e. The second kappa shape index (κ2) is 8.29. The summed E-state index contributed by atoms with van der Waals surface area (Å²) in [5.74, 6) is -0.907. The average molecular weight is 337 g/mol. The van der Waals surface area contributed by atoms with Crippen molar-refractivity contribution in [1.82, 2.24) is 0 Å². The Bertz CT molecular complexity index is 791. The highest BCUT2D eigenvalue weighted by Gasteiger charge is 2.17. The molecule has 0 aliphatic heterocycles. The highest BCUT2D eigenvalue weighted by atomic mass is 16.5. The number of ether oxygens (including phenoxy) is 1. The molecule has 4 heteroatoms. The van der Waals surface area contributed by atoms with Crippen molar-refractivity contribution in [3.05, 3.63) is 70.8 Å². The first kappa shape index (κ1) is 18.5. The van der Waals surface area contributed by atoms with Crippen LogP contribution in [0.25, 0.3) is 6.08 Å². The Morgan fingerprint density at radius 3 is 2.32 bits per heavy atom. The molecule has 2 aromatic rings. The van der Waals surface area contributed by atoms with Crippen LogP contribution in [0.1, 0.15) is 29.2 Å². The summed E-state index contributed by atoms with van der Waals surface area (Å²) in [6.07, 6.45) is 2.11.